The summed E-state index contributed by atoms with van der Waals surface area (Å²) in [7, 11) is 0. The van der Waals surface area contributed by atoms with Crippen molar-refractivity contribution in [3.05, 3.63) is 66.7 Å². The van der Waals surface area contributed by atoms with Crippen LogP contribution in [0.25, 0.3) is 33.3 Å². The van der Waals surface area contributed by atoms with E-state index in [9.17, 15) is 4.79 Å². The minimum Gasteiger partial charge on any atom is -0.366 e. The number of carbonyl (C=O) groups is 1. The number of pyridine rings is 2. The van der Waals surface area contributed by atoms with Crippen molar-refractivity contribution < 1.29 is 4.79 Å². The van der Waals surface area contributed by atoms with Gasteiger partial charge in [0.25, 0.3) is 0 Å². The van der Waals surface area contributed by atoms with Crippen molar-refractivity contribution >= 4 is 16.9 Å². The standard InChI is InChI=1S/C18H13N5O/c19-17(24)15-5-1-4-14(16(15)11-3-2-6-20-8-11)12-7-13-10-22-23-18(13)21-9-12/h1-10H,(H2,19,24)(H,21,22,23). The van der Waals surface area contributed by atoms with E-state index in [-0.39, 0.29) is 0 Å². The van der Waals surface area contributed by atoms with Gasteiger partial charge in [-0.3, -0.25) is 14.9 Å². The highest BCUT2D eigenvalue weighted by atomic mass is 16.1. The van der Waals surface area contributed by atoms with Crippen molar-refractivity contribution in [2.45, 2.75) is 0 Å². The normalized spacial score (nSPS) is 10.8. The van der Waals surface area contributed by atoms with E-state index in [1.54, 1.807) is 30.9 Å². The predicted molar refractivity (Wildman–Crippen MR) is 91.1 cm³/mol. The summed E-state index contributed by atoms with van der Waals surface area (Å²) in [5.41, 5.74) is 10.1. The zero-order valence-electron chi connectivity index (χ0n) is 12.6. The summed E-state index contributed by atoms with van der Waals surface area (Å²) in [6, 6.07) is 11.2. The largest absolute Gasteiger partial charge is 0.366 e. The van der Waals surface area contributed by atoms with Crippen LogP contribution in [-0.4, -0.2) is 26.1 Å². The van der Waals surface area contributed by atoms with Crippen LogP contribution in [0.1, 0.15) is 10.4 Å². The van der Waals surface area contributed by atoms with Gasteiger partial charge in [0.05, 0.1) is 6.20 Å². The Kier molecular flexibility index (Phi) is 3.28. The molecule has 24 heavy (non-hydrogen) atoms. The third kappa shape index (κ3) is 2.30. The van der Waals surface area contributed by atoms with Crippen molar-refractivity contribution in [2.75, 3.05) is 0 Å². The summed E-state index contributed by atoms with van der Waals surface area (Å²) in [6.45, 7) is 0. The van der Waals surface area contributed by atoms with Gasteiger partial charge in [0.15, 0.2) is 5.65 Å². The molecule has 116 valence electrons. The molecule has 3 N–H and O–H groups in total. The molecule has 3 aromatic heterocycles. The van der Waals surface area contributed by atoms with Crippen LogP contribution in [-0.2, 0) is 0 Å². The van der Waals surface area contributed by atoms with Crippen molar-refractivity contribution in [1.29, 1.82) is 0 Å². The number of fused-ring (bicyclic) bond motifs is 1. The summed E-state index contributed by atoms with van der Waals surface area (Å²) >= 11 is 0. The monoisotopic (exact) mass is 315 g/mol. The molecule has 1 amide bonds. The second-order valence-electron chi connectivity index (χ2n) is 5.37. The number of benzene rings is 1. The summed E-state index contributed by atoms with van der Waals surface area (Å²) in [5, 5.41) is 7.72. The zero-order chi connectivity index (χ0) is 16.5. The minimum absolute atomic E-state index is 0.452. The van der Waals surface area contributed by atoms with E-state index >= 15 is 0 Å². The number of aromatic amines is 1. The number of H-pyrrole nitrogens is 1. The van der Waals surface area contributed by atoms with Crippen LogP contribution in [0.4, 0.5) is 0 Å². The minimum atomic E-state index is -0.479. The van der Waals surface area contributed by atoms with E-state index in [0.717, 1.165) is 27.6 Å². The zero-order valence-corrected chi connectivity index (χ0v) is 12.6. The summed E-state index contributed by atoms with van der Waals surface area (Å²) in [4.78, 5) is 20.5. The quantitative estimate of drug-likeness (QED) is 0.607. The second-order valence-corrected chi connectivity index (χ2v) is 5.37. The Morgan fingerprint density at radius 3 is 2.75 bits per heavy atom. The van der Waals surface area contributed by atoms with E-state index in [1.165, 1.54) is 0 Å². The first-order valence-electron chi connectivity index (χ1n) is 7.37. The first-order valence-corrected chi connectivity index (χ1v) is 7.37. The molecule has 0 fully saturated rings. The van der Waals surface area contributed by atoms with Crippen LogP contribution in [0.3, 0.4) is 0 Å². The predicted octanol–water partition coefficient (Wildman–Crippen LogP) is 2.79. The van der Waals surface area contributed by atoms with Gasteiger partial charge in [-0.05, 0) is 23.8 Å². The maximum absolute atomic E-state index is 11.9. The van der Waals surface area contributed by atoms with Crippen molar-refractivity contribution in [2.24, 2.45) is 5.73 Å². The molecule has 0 aliphatic heterocycles. The summed E-state index contributed by atoms with van der Waals surface area (Å²) in [6.07, 6.45) is 6.87. The van der Waals surface area contributed by atoms with E-state index < -0.39 is 5.91 Å². The van der Waals surface area contributed by atoms with Gasteiger partial charge >= 0.3 is 0 Å². The molecule has 4 rings (SSSR count). The molecule has 0 saturated carbocycles. The first kappa shape index (κ1) is 14.1. The average Bonchev–Trinajstić information content (AvgIpc) is 3.09. The van der Waals surface area contributed by atoms with Gasteiger partial charge < -0.3 is 5.73 Å². The molecule has 0 unspecified atom stereocenters. The number of hydrogen-bond donors (Lipinski definition) is 2. The van der Waals surface area contributed by atoms with Gasteiger partial charge in [-0.15, -0.1) is 0 Å². The molecule has 0 aliphatic rings. The third-order valence-electron chi connectivity index (χ3n) is 3.88. The van der Waals surface area contributed by atoms with E-state index in [1.807, 2.05) is 30.3 Å². The fourth-order valence-electron chi connectivity index (χ4n) is 2.80. The SMILES string of the molecule is NC(=O)c1cccc(-c2cnc3[nH]ncc3c2)c1-c1cccnc1. The molecule has 0 atom stereocenters. The van der Waals surface area contributed by atoms with Gasteiger partial charge in [0.2, 0.25) is 5.91 Å². The molecule has 3 heterocycles. The van der Waals surface area contributed by atoms with Crippen LogP contribution in [0, 0.1) is 0 Å². The molecule has 0 spiro atoms. The Morgan fingerprint density at radius 1 is 1.04 bits per heavy atom. The van der Waals surface area contributed by atoms with Gasteiger partial charge in [0, 0.05) is 46.2 Å². The molecular weight excluding hydrogens is 302 g/mol. The number of primary amides is 1. The number of aromatic nitrogens is 4. The third-order valence-corrected chi connectivity index (χ3v) is 3.88. The Balaban J connectivity index is 2.01. The highest BCUT2D eigenvalue weighted by molar-refractivity contribution is 6.04. The Morgan fingerprint density at radius 2 is 1.96 bits per heavy atom. The number of nitrogens with two attached hydrogens (primary N) is 1. The molecule has 4 aromatic rings. The Bertz CT molecular complexity index is 1040. The van der Waals surface area contributed by atoms with Crippen LogP contribution in [0.15, 0.2) is 61.2 Å². The number of hydrogen-bond acceptors (Lipinski definition) is 4. The molecule has 0 saturated heterocycles. The van der Waals surface area contributed by atoms with Gasteiger partial charge in [-0.2, -0.15) is 5.10 Å². The number of rotatable bonds is 3. The molecule has 6 heteroatoms. The number of nitrogens with one attached hydrogen (secondary N) is 1. The van der Waals surface area contributed by atoms with Gasteiger partial charge in [0.1, 0.15) is 0 Å². The smallest absolute Gasteiger partial charge is 0.249 e. The Hall–Kier alpha value is -3.54. The van der Waals surface area contributed by atoms with Gasteiger partial charge in [-0.25, -0.2) is 4.98 Å². The second kappa shape index (κ2) is 5.58. The lowest BCUT2D eigenvalue weighted by molar-refractivity contribution is 0.100. The fraction of sp³-hybridized carbons (Fsp3) is 0. The van der Waals surface area contributed by atoms with E-state index in [0.29, 0.717) is 11.2 Å². The lowest BCUT2D eigenvalue weighted by Gasteiger charge is -2.13. The van der Waals surface area contributed by atoms with Crippen molar-refractivity contribution in [3.63, 3.8) is 0 Å². The van der Waals surface area contributed by atoms with Crippen LogP contribution in [0.2, 0.25) is 0 Å². The maximum atomic E-state index is 11.9. The molecular formula is C18H13N5O. The average molecular weight is 315 g/mol. The van der Waals surface area contributed by atoms with E-state index in [2.05, 4.69) is 20.2 Å². The maximum Gasteiger partial charge on any atom is 0.249 e. The first-order chi connectivity index (χ1) is 11.7. The summed E-state index contributed by atoms with van der Waals surface area (Å²) in [5.74, 6) is -0.479. The van der Waals surface area contributed by atoms with Crippen LogP contribution in [0.5, 0.6) is 0 Å². The fourth-order valence-corrected chi connectivity index (χ4v) is 2.80. The lowest BCUT2D eigenvalue weighted by atomic mass is 9.91. The highest BCUT2D eigenvalue weighted by Gasteiger charge is 2.16. The highest BCUT2D eigenvalue weighted by Crippen LogP contribution is 2.35. The Labute approximate surface area is 137 Å². The van der Waals surface area contributed by atoms with Crippen LogP contribution < -0.4 is 5.73 Å². The number of nitrogens with zero attached hydrogens (tertiary/aromatic N) is 3. The lowest BCUT2D eigenvalue weighted by Crippen LogP contribution is -2.13. The molecule has 0 aliphatic carbocycles. The molecule has 1 aromatic carbocycles. The van der Waals surface area contributed by atoms with E-state index in [4.69, 9.17) is 5.73 Å². The van der Waals surface area contributed by atoms with Crippen molar-refractivity contribution in [1.82, 2.24) is 20.2 Å². The molecule has 0 radical (unpaired) electrons. The van der Waals surface area contributed by atoms with Crippen LogP contribution >= 0.6 is 0 Å². The molecule has 6 nitrogen and oxygen atoms in total. The molecule has 0 bridgehead atoms. The number of carbonyl (C=O) groups excluding carboxylic acids is 1. The van der Waals surface area contributed by atoms with Crippen molar-refractivity contribution in [3.8, 4) is 22.3 Å². The summed E-state index contributed by atoms with van der Waals surface area (Å²) < 4.78 is 0. The number of amides is 1. The topological polar surface area (TPSA) is 97.6 Å². The van der Waals surface area contributed by atoms with Gasteiger partial charge in [-0.1, -0.05) is 18.2 Å².